The van der Waals surface area contributed by atoms with Gasteiger partial charge in [-0.05, 0) is 37.1 Å². The lowest BCUT2D eigenvalue weighted by molar-refractivity contribution is -0.117. The van der Waals surface area contributed by atoms with Crippen molar-refractivity contribution in [2.45, 2.75) is 39.5 Å². The molecule has 2 aromatic rings. The van der Waals surface area contributed by atoms with Gasteiger partial charge in [-0.25, -0.2) is 0 Å². The third kappa shape index (κ3) is 2.55. The molecule has 1 aromatic carbocycles. The number of aromatic nitrogens is 2. The monoisotopic (exact) mass is 285 g/mol. The molecule has 21 heavy (non-hydrogen) atoms. The van der Waals surface area contributed by atoms with E-state index >= 15 is 0 Å². The molecule has 0 radical (unpaired) electrons. The van der Waals surface area contributed by atoms with Crippen molar-refractivity contribution in [3.63, 3.8) is 0 Å². The fourth-order valence-electron chi connectivity index (χ4n) is 2.59. The highest BCUT2D eigenvalue weighted by molar-refractivity contribution is 5.96. The van der Waals surface area contributed by atoms with Crippen LogP contribution in [0.1, 0.15) is 42.1 Å². The lowest BCUT2D eigenvalue weighted by atomic mass is 10.1. The van der Waals surface area contributed by atoms with Gasteiger partial charge in [0.2, 0.25) is 11.8 Å². The van der Waals surface area contributed by atoms with Gasteiger partial charge >= 0.3 is 0 Å². The summed E-state index contributed by atoms with van der Waals surface area (Å²) < 4.78 is 5.27. The van der Waals surface area contributed by atoms with Crippen molar-refractivity contribution in [2.75, 3.05) is 11.4 Å². The van der Waals surface area contributed by atoms with Gasteiger partial charge in [-0.3, -0.25) is 4.79 Å². The SMILES string of the molecule is CCc1noc([C@@H]2CC(=O)N(c3ccc(C)c(C)c3)C2)n1. The second-order valence-electron chi connectivity index (χ2n) is 5.58. The van der Waals surface area contributed by atoms with Gasteiger partial charge in [0.15, 0.2) is 5.82 Å². The van der Waals surface area contributed by atoms with Crippen LogP contribution in [0.5, 0.6) is 0 Å². The topological polar surface area (TPSA) is 59.2 Å². The van der Waals surface area contributed by atoms with Gasteiger partial charge in [0, 0.05) is 25.1 Å². The first-order chi connectivity index (χ1) is 10.1. The van der Waals surface area contributed by atoms with E-state index in [2.05, 4.69) is 30.1 Å². The van der Waals surface area contributed by atoms with E-state index in [-0.39, 0.29) is 11.8 Å². The van der Waals surface area contributed by atoms with Crippen LogP contribution in [0.15, 0.2) is 22.7 Å². The second kappa shape index (κ2) is 5.31. The van der Waals surface area contributed by atoms with Gasteiger partial charge in [-0.15, -0.1) is 0 Å². The third-order valence-electron chi connectivity index (χ3n) is 4.08. The molecule has 3 rings (SSSR count). The zero-order valence-corrected chi connectivity index (χ0v) is 12.6. The Morgan fingerprint density at radius 2 is 2.14 bits per heavy atom. The predicted octanol–water partition coefficient (Wildman–Crippen LogP) is 2.77. The van der Waals surface area contributed by atoms with Crippen molar-refractivity contribution in [2.24, 2.45) is 0 Å². The first-order valence-electron chi connectivity index (χ1n) is 7.28. The summed E-state index contributed by atoms with van der Waals surface area (Å²) in [6.07, 6.45) is 1.17. The Labute approximate surface area is 124 Å². The Morgan fingerprint density at radius 1 is 1.33 bits per heavy atom. The Bertz CT molecular complexity index is 678. The highest BCUT2D eigenvalue weighted by atomic mass is 16.5. The molecule has 2 heterocycles. The van der Waals surface area contributed by atoms with E-state index in [0.717, 1.165) is 12.1 Å². The summed E-state index contributed by atoms with van der Waals surface area (Å²) in [6, 6.07) is 6.10. The molecule has 0 unspecified atom stereocenters. The molecular formula is C16H19N3O2. The lowest BCUT2D eigenvalue weighted by Gasteiger charge is -2.17. The maximum absolute atomic E-state index is 12.3. The highest BCUT2D eigenvalue weighted by Gasteiger charge is 2.35. The van der Waals surface area contributed by atoms with Crippen molar-refractivity contribution in [3.8, 4) is 0 Å². The van der Waals surface area contributed by atoms with Gasteiger partial charge in [0.05, 0.1) is 5.92 Å². The van der Waals surface area contributed by atoms with Crippen LogP contribution in [-0.2, 0) is 11.2 Å². The summed E-state index contributed by atoms with van der Waals surface area (Å²) in [4.78, 5) is 18.4. The quantitative estimate of drug-likeness (QED) is 0.870. The van der Waals surface area contributed by atoms with Crippen LogP contribution < -0.4 is 4.90 Å². The van der Waals surface area contributed by atoms with E-state index in [1.165, 1.54) is 11.1 Å². The average molecular weight is 285 g/mol. The van der Waals surface area contributed by atoms with E-state index in [1.54, 1.807) is 0 Å². The smallest absolute Gasteiger partial charge is 0.232 e. The Balaban J connectivity index is 1.82. The first kappa shape index (κ1) is 13.8. The fourth-order valence-corrected chi connectivity index (χ4v) is 2.59. The Hall–Kier alpha value is -2.17. The molecule has 1 saturated heterocycles. The molecule has 1 atom stereocenters. The molecular weight excluding hydrogens is 266 g/mol. The number of hydrogen-bond acceptors (Lipinski definition) is 4. The maximum atomic E-state index is 12.3. The summed E-state index contributed by atoms with van der Waals surface area (Å²) in [5, 5.41) is 3.91. The van der Waals surface area contributed by atoms with E-state index < -0.39 is 0 Å². The molecule has 5 nitrogen and oxygen atoms in total. The van der Waals surface area contributed by atoms with Crippen molar-refractivity contribution in [3.05, 3.63) is 41.0 Å². The summed E-state index contributed by atoms with van der Waals surface area (Å²) >= 11 is 0. The van der Waals surface area contributed by atoms with Crippen LogP contribution in [0.2, 0.25) is 0 Å². The minimum atomic E-state index is -0.00749. The minimum absolute atomic E-state index is 0.00749. The molecule has 110 valence electrons. The van der Waals surface area contributed by atoms with Crippen LogP contribution in [0.3, 0.4) is 0 Å². The zero-order valence-electron chi connectivity index (χ0n) is 12.6. The van der Waals surface area contributed by atoms with Crippen molar-refractivity contribution < 1.29 is 9.32 Å². The van der Waals surface area contributed by atoms with Crippen LogP contribution in [-0.4, -0.2) is 22.6 Å². The molecule has 1 amide bonds. The number of amides is 1. The minimum Gasteiger partial charge on any atom is -0.339 e. The number of aryl methyl sites for hydroxylation is 3. The normalized spacial score (nSPS) is 18.5. The third-order valence-corrected chi connectivity index (χ3v) is 4.08. The largest absolute Gasteiger partial charge is 0.339 e. The summed E-state index contributed by atoms with van der Waals surface area (Å²) in [7, 11) is 0. The molecule has 0 spiro atoms. The van der Waals surface area contributed by atoms with Crippen molar-refractivity contribution >= 4 is 11.6 Å². The maximum Gasteiger partial charge on any atom is 0.232 e. The van der Waals surface area contributed by atoms with Gasteiger partial charge in [-0.2, -0.15) is 4.98 Å². The van der Waals surface area contributed by atoms with Gasteiger partial charge < -0.3 is 9.42 Å². The Morgan fingerprint density at radius 3 is 2.81 bits per heavy atom. The molecule has 0 saturated carbocycles. The zero-order chi connectivity index (χ0) is 15.0. The number of carbonyl (C=O) groups is 1. The summed E-state index contributed by atoms with van der Waals surface area (Å²) in [6.45, 7) is 6.71. The first-order valence-corrected chi connectivity index (χ1v) is 7.28. The van der Waals surface area contributed by atoms with E-state index in [0.29, 0.717) is 24.7 Å². The molecule has 1 aromatic heterocycles. The predicted molar refractivity (Wildman–Crippen MR) is 79.3 cm³/mol. The molecule has 0 N–H and O–H groups in total. The molecule has 0 bridgehead atoms. The number of nitrogens with zero attached hydrogens (tertiary/aromatic N) is 3. The fraction of sp³-hybridized carbons (Fsp3) is 0.438. The van der Waals surface area contributed by atoms with E-state index in [1.807, 2.05) is 24.0 Å². The van der Waals surface area contributed by atoms with E-state index in [4.69, 9.17) is 4.52 Å². The van der Waals surface area contributed by atoms with Gasteiger partial charge in [0.25, 0.3) is 0 Å². The highest BCUT2D eigenvalue weighted by Crippen LogP contribution is 2.31. The summed E-state index contributed by atoms with van der Waals surface area (Å²) in [5.41, 5.74) is 3.36. The number of hydrogen-bond donors (Lipinski definition) is 0. The Kier molecular flexibility index (Phi) is 3.49. The van der Waals surface area contributed by atoms with Crippen molar-refractivity contribution in [1.82, 2.24) is 10.1 Å². The molecule has 0 aliphatic carbocycles. The van der Waals surface area contributed by atoms with Crippen molar-refractivity contribution in [1.29, 1.82) is 0 Å². The van der Waals surface area contributed by atoms with Crippen LogP contribution in [0, 0.1) is 13.8 Å². The molecule has 5 heteroatoms. The number of carbonyl (C=O) groups excluding carboxylic acids is 1. The van der Waals surface area contributed by atoms with Crippen LogP contribution in [0.4, 0.5) is 5.69 Å². The number of anilines is 1. The second-order valence-corrected chi connectivity index (χ2v) is 5.58. The van der Waals surface area contributed by atoms with E-state index in [9.17, 15) is 4.79 Å². The van der Waals surface area contributed by atoms with Gasteiger partial charge in [-0.1, -0.05) is 18.1 Å². The lowest BCUT2D eigenvalue weighted by Crippen LogP contribution is -2.24. The number of rotatable bonds is 3. The summed E-state index contributed by atoms with van der Waals surface area (Å²) in [5.74, 6) is 1.38. The molecule has 1 aliphatic heterocycles. The van der Waals surface area contributed by atoms with Crippen LogP contribution >= 0.6 is 0 Å². The van der Waals surface area contributed by atoms with Crippen LogP contribution in [0.25, 0.3) is 0 Å². The standard InChI is InChI=1S/C16H19N3O2/c1-4-14-17-16(21-18-14)12-8-15(20)19(9-12)13-6-5-10(2)11(3)7-13/h5-7,12H,4,8-9H2,1-3H3/t12-/m1/s1. The van der Waals surface area contributed by atoms with Gasteiger partial charge in [0.1, 0.15) is 0 Å². The number of benzene rings is 1. The molecule has 1 aliphatic rings. The average Bonchev–Trinajstić information content (AvgIpc) is 3.08. The molecule has 1 fully saturated rings.